The van der Waals surface area contributed by atoms with E-state index in [1.807, 2.05) is 37.3 Å². The second-order valence-electron chi connectivity index (χ2n) is 5.31. The van der Waals surface area contributed by atoms with Gasteiger partial charge in [-0.25, -0.2) is 9.59 Å². The topological polar surface area (TPSA) is 63.6 Å². The number of hydrogen-bond acceptors (Lipinski definition) is 3. The minimum Gasteiger partial charge on any atom is -0.478 e. The summed E-state index contributed by atoms with van der Waals surface area (Å²) in [5, 5.41) is 9.15. The average molecular weight is 312 g/mol. The van der Waals surface area contributed by atoms with Crippen LogP contribution in [0, 0.1) is 0 Å². The zero-order valence-electron chi connectivity index (χ0n) is 13.1. The molecule has 0 aliphatic rings. The van der Waals surface area contributed by atoms with Crippen molar-refractivity contribution in [1.82, 2.24) is 0 Å². The molecule has 0 radical (unpaired) electrons. The Morgan fingerprint density at radius 2 is 1.61 bits per heavy atom. The first-order chi connectivity index (χ1) is 11.1. The highest BCUT2D eigenvalue weighted by Crippen LogP contribution is 2.15. The highest BCUT2D eigenvalue weighted by molar-refractivity contribution is 6.02. The Kier molecular flexibility index (Phi) is 5.92. The number of carbonyl (C=O) groups is 2. The van der Waals surface area contributed by atoms with Crippen LogP contribution >= 0.6 is 0 Å². The van der Waals surface area contributed by atoms with Crippen LogP contribution in [-0.4, -0.2) is 23.1 Å². The largest absolute Gasteiger partial charge is 0.478 e. The second kappa shape index (κ2) is 8.13. The van der Waals surface area contributed by atoms with Gasteiger partial charge in [-0.1, -0.05) is 49.4 Å². The molecule has 0 aromatic heterocycles. The minimum atomic E-state index is -1.13. The predicted molar refractivity (Wildman–Crippen MR) is 87.7 cm³/mol. The minimum absolute atomic E-state index is 0.0320. The summed E-state index contributed by atoms with van der Waals surface area (Å²) in [5.74, 6) is -1.71. The Morgan fingerprint density at radius 1 is 1.00 bits per heavy atom. The number of rotatable bonds is 7. The zero-order chi connectivity index (χ0) is 16.7. The van der Waals surface area contributed by atoms with Crippen LogP contribution in [-0.2, 0) is 11.2 Å². The van der Waals surface area contributed by atoms with Crippen molar-refractivity contribution in [3.63, 3.8) is 0 Å². The van der Waals surface area contributed by atoms with E-state index in [0.29, 0.717) is 12.8 Å². The Balaban J connectivity index is 2.01. The number of ether oxygens (including phenoxy) is 1. The maximum absolute atomic E-state index is 12.3. The van der Waals surface area contributed by atoms with E-state index >= 15 is 0 Å². The number of hydrogen-bond donors (Lipinski definition) is 1. The van der Waals surface area contributed by atoms with Gasteiger partial charge in [0, 0.05) is 0 Å². The molecule has 120 valence electrons. The lowest BCUT2D eigenvalue weighted by atomic mass is 10.0. The van der Waals surface area contributed by atoms with Gasteiger partial charge in [0.2, 0.25) is 0 Å². The number of aryl methyl sites for hydroxylation is 1. The molecule has 23 heavy (non-hydrogen) atoms. The lowest BCUT2D eigenvalue weighted by Gasteiger charge is -2.17. The van der Waals surface area contributed by atoms with Crippen molar-refractivity contribution < 1.29 is 19.4 Å². The van der Waals surface area contributed by atoms with Gasteiger partial charge in [-0.05, 0) is 37.0 Å². The molecule has 1 atom stereocenters. The zero-order valence-corrected chi connectivity index (χ0v) is 13.1. The molecule has 0 saturated carbocycles. The fourth-order valence-corrected chi connectivity index (χ4v) is 2.38. The molecule has 4 nitrogen and oxygen atoms in total. The van der Waals surface area contributed by atoms with Gasteiger partial charge in [0.15, 0.2) is 0 Å². The summed E-state index contributed by atoms with van der Waals surface area (Å²) in [6.07, 6.45) is 1.98. The molecule has 0 aliphatic carbocycles. The highest BCUT2D eigenvalue weighted by atomic mass is 16.5. The Bertz CT molecular complexity index is 664. The summed E-state index contributed by atoms with van der Waals surface area (Å²) in [4.78, 5) is 23.4. The van der Waals surface area contributed by atoms with Crippen molar-refractivity contribution in [3.8, 4) is 0 Å². The quantitative estimate of drug-likeness (QED) is 0.786. The molecule has 2 aromatic rings. The van der Waals surface area contributed by atoms with Gasteiger partial charge in [-0.3, -0.25) is 0 Å². The standard InChI is InChI=1S/C19H20O4/c1-2-15(13-12-14-8-4-3-5-9-14)23-19(22)17-11-7-6-10-16(17)18(20)21/h3-11,15H,2,12-13H2,1H3,(H,20,21)/t15-/m0/s1. The van der Waals surface area contributed by atoms with Gasteiger partial charge >= 0.3 is 11.9 Å². The van der Waals surface area contributed by atoms with Gasteiger partial charge in [0.25, 0.3) is 0 Å². The van der Waals surface area contributed by atoms with Crippen molar-refractivity contribution in [1.29, 1.82) is 0 Å². The molecule has 2 rings (SSSR count). The summed E-state index contributed by atoms with van der Waals surface area (Å²) < 4.78 is 5.50. The third-order valence-corrected chi connectivity index (χ3v) is 3.70. The first kappa shape index (κ1) is 16.7. The van der Waals surface area contributed by atoms with E-state index < -0.39 is 11.9 Å². The van der Waals surface area contributed by atoms with E-state index in [-0.39, 0.29) is 17.2 Å². The van der Waals surface area contributed by atoms with Crippen LogP contribution in [0.4, 0.5) is 0 Å². The normalized spacial score (nSPS) is 11.7. The summed E-state index contributed by atoms with van der Waals surface area (Å²) in [7, 11) is 0. The van der Waals surface area contributed by atoms with Crippen LogP contribution in [0.3, 0.4) is 0 Å². The van der Waals surface area contributed by atoms with E-state index in [0.717, 1.165) is 6.42 Å². The van der Waals surface area contributed by atoms with Crippen molar-refractivity contribution in [2.45, 2.75) is 32.3 Å². The molecule has 2 aromatic carbocycles. The number of carboxylic acid groups (broad SMARTS) is 1. The Morgan fingerprint density at radius 3 is 2.22 bits per heavy atom. The first-order valence-electron chi connectivity index (χ1n) is 7.69. The van der Waals surface area contributed by atoms with Gasteiger partial charge in [-0.2, -0.15) is 0 Å². The molecule has 0 unspecified atom stereocenters. The van der Waals surface area contributed by atoms with E-state index in [1.165, 1.54) is 17.7 Å². The lowest BCUT2D eigenvalue weighted by molar-refractivity contribution is 0.0268. The van der Waals surface area contributed by atoms with Gasteiger partial charge in [0.05, 0.1) is 11.1 Å². The van der Waals surface area contributed by atoms with Gasteiger partial charge in [-0.15, -0.1) is 0 Å². The maximum Gasteiger partial charge on any atom is 0.339 e. The van der Waals surface area contributed by atoms with Crippen LogP contribution in [0.15, 0.2) is 54.6 Å². The SMILES string of the molecule is CC[C@@H](CCc1ccccc1)OC(=O)c1ccccc1C(=O)O. The van der Waals surface area contributed by atoms with Crippen molar-refractivity contribution in [2.24, 2.45) is 0 Å². The number of benzene rings is 2. The first-order valence-corrected chi connectivity index (χ1v) is 7.69. The molecule has 0 saturated heterocycles. The number of carbonyl (C=O) groups excluding carboxylic acids is 1. The van der Waals surface area contributed by atoms with Gasteiger partial charge < -0.3 is 9.84 Å². The summed E-state index contributed by atoms with van der Waals surface area (Å²) in [5.41, 5.74) is 1.25. The molecular formula is C19H20O4. The number of esters is 1. The van der Waals surface area contributed by atoms with Crippen LogP contribution in [0.5, 0.6) is 0 Å². The smallest absolute Gasteiger partial charge is 0.339 e. The summed E-state index contributed by atoms with van der Waals surface area (Å²) in [6, 6.07) is 16.1. The third kappa shape index (κ3) is 4.68. The lowest BCUT2D eigenvalue weighted by Crippen LogP contribution is -2.20. The molecular weight excluding hydrogens is 292 g/mol. The Labute approximate surface area is 135 Å². The second-order valence-corrected chi connectivity index (χ2v) is 5.31. The van der Waals surface area contributed by atoms with Crippen LogP contribution in [0.2, 0.25) is 0 Å². The van der Waals surface area contributed by atoms with Crippen LogP contribution in [0.1, 0.15) is 46.0 Å². The van der Waals surface area contributed by atoms with Crippen LogP contribution in [0.25, 0.3) is 0 Å². The van der Waals surface area contributed by atoms with Gasteiger partial charge in [0.1, 0.15) is 6.10 Å². The molecule has 0 spiro atoms. The van der Waals surface area contributed by atoms with E-state index in [4.69, 9.17) is 9.84 Å². The van der Waals surface area contributed by atoms with Crippen molar-refractivity contribution in [3.05, 3.63) is 71.3 Å². The summed E-state index contributed by atoms with van der Waals surface area (Å²) >= 11 is 0. The Hall–Kier alpha value is -2.62. The van der Waals surface area contributed by atoms with Crippen LogP contribution < -0.4 is 0 Å². The molecule has 0 fully saturated rings. The molecule has 0 amide bonds. The predicted octanol–water partition coefficient (Wildman–Crippen LogP) is 3.95. The molecule has 0 aliphatic heterocycles. The fraction of sp³-hybridized carbons (Fsp3) is 0.263. The highest BCUT2D eigenvalue weighted by Gasteiger charge is 2.20. The number of aromatic carboxylic acids is 1. The fourth-order valence-electron chi connectivity index (χ4n) is 2.38. The molecule has 0 bridgehead atoms. The summed E-state index contributed by atoms with van der Waals surface area (Å²) in [6.45, 7) is 1.95. The van der Waals surface area contributed by atoms with E-state index in [2.05, 4.69) is 0 Å². The molecule has 1 N–H and O–H groups in total. The monoisotopic (exact) mass is 312 g/mol. The third-order valence-electron chi connectivity index (χ3n) is 3.70. The van der Waals surface area contributed by atoms with E-state index in [1.54, 1.807) is 12.1 Å². The maximum atomic E-state index is 12.3. The molecule has 4 heteroatoms. The van der Waals surface area contributed by atoms with E-state index in [9.17, 15) is 9.59 Å². The average Bonchev–Trinajstić information content (AvgIpc) is 2.59. The molecule has 0 heterocycles. The van der Waals surface area contributed by atoms with Crippen molar-refractivity contribution >= 4 is 11.9 Å². The van der Waals surface area contributed by atoms with Crippen molar-refractivity contribution in [2.75, 3.05) is 0 Å². The number of carboxylic acids is 1.